The van der Waals surface area contributed by atoms with E-state index in [-0.39, 0.29) is 6.04 Å². The molecule has 2 rings (SSSR count). The van der Waals surface area contributed by atoms with Gasteiger partial charge in [0.25, 0.3) is 0 Å². The van der Waals surface area contributed by atoms with Crippen molar-refractivity contribution < 1.29 is 4.21 Å². The van der Waals surface area contributed by atoms with Crippen molar-refractivity contribution in [2.75, 3.05) is 17.7 Å². The van der Waals surface area contributed by atoms with E-state index in [0.717, 1.165) is 16.5 Å². The first-order valence-electron chi connectivity index (χ1n) is 6.13. The van der Waals surface area contributed by atoms with E-state index in [2.05, 4.69) is 31.5 Å². The van der Waals surface area contributed by atoms with Gasteiger partial charge in [-0.2, -0.15) is 0 Å². The van der Waals surface area contributed by atoms with E-state index < -0.39 is 10.8 Å². The summed E-state index contributed by atoms with van der Waals surface area (Å²) in [7, 11) is -0.818. The predicted octanol–water partition coefficient (Wildman–Crippen LogP) is 2.01. The number of nitrogens with two attached hydrogens (primary N) is 1. The fourth-order valence-corrected chi connectivity index (χ4v) is 2.96. The second-order valence-corrected chi connectivity index (χ2v) is 6.92. The van der Waals surface area contributed by atoms with Crippen LogP contribution >= 0.6 is 15.9 Å². The van der Waals surface area contributed by atoms with Crippen LogP contribution in [0.4, 0.5) is 5.69 Å². The molecule has 6 nitrogen and oxygen atoms in total. The predicted molar refractivity (Wildman–Crippen MR) is 83.6 cm³/mol. The van der Waals surface area contributed by atoms with E-state index in [9.17, 15) is 4.21 Å². The van der Waals surface area contributed by atoms with Crippen molar-refractivity contribution in [3.05, 3.63) is 22.7 Å². The second kappa shape index (κ2) is 6.45. The van der Waals surface area contributed by atoms with Crippen LogP contribution in [0.2, 0.25) is 0 Å². The summed E-state index contributed by atoms with van der Waals surface area (Å²) in [6, 6.07) is 5.65. The molecule has 0 aliphatic rings. The molecule has 108 valence electrons. The molecule has 1 aromatic carbocycles. The van der Waals surface area contributed by atoms with Crippen LogP contribution in [-0.4, -0.2) is 36.4 Å². The number of rotatable bonds is 5. The summed E-state index contributed by atoms with van der Waals surface area (Å²) < 4.78 is 13.7. The molecule has 2 aromatic rings. The van der Waals surface area contributed by atoms with Gasteiger partial charge < -0.3 is 5.73 Å². The summed E-state index contributed by atoms with van der Waals surface area (Å²) in [4.78, 5) is 0. The van der Waals surface area contributed by atoms with Gasteiger partial charge >= 0.3 is 0 Å². The Morgan fingerprint density at radius 2 is 2.25 bits per heavy atom. The summed E-state index contributed by atoms with van der Waals surface area (Å²) in [6.07, 6.45) is 2.45. The van der Waals surface area contributed by atoms with Crippen LogP contribution in [0.1, 0.15) is 19.4 Å². The third kappa shape index (κ3) is 3.24. The lowest BCUT2D eigenvalue weighted by Crippen LogP contribution is -2.12. The van der Waals surface area contributed by atoms with Crippen molar-refractivity contribution in [3.63, 3.8) is 0 Å². The Bertz CT molecular complexity index is 630. The molecule has 0 saturated carbocycles. The Kier molecular flexibility index (Phi) is 4.87. The summed E-state index contributed by atoms with van der Waals surface area (Å²) in [5, 5.41) is 11.9. The summed E-state index contributed by atoms with van der Waals surface area (Å²) in [5.74, 6) is 1.28. The van der Waals surface area contributed by atoms with Crippen molar-refractivity contribution in [1.29, 1.82) is 0 Å². The number of aromatic nitrogens is 4. The molecular weight excluding hydrogens is 342 g/mol. The lowest BCUT2D eigenvalue weighted by molar-refractivity contribution is 0.470. The van der Waals surface area contributed by atoms with Gasteiger partial charge in [-0.3, -0.25) is 4.21 Å². The number of tetrazole rings is 1. The fraction of sp³-hybridized carbons (Fsp3) is 0.417. The lowest BCUT2D eigenvalue weighted by Gasteiger charge is -2.13. The average molecular weight is 358 g/mol. The highest BCUT2D eigenvalue weighted by atomic mass is 79.9. The molecule has 20 heavy (non-hydrogen) atoms. The summed E-state index contributed by atoms with van der Waals surface area (Å²) in [5.41, 5.74) is 7.37. The number of nitrogen functional groups attached to an aromatic ring is 1. The molecule has 2 N–H and O–H groups in total. The fourth-order valence-electron chi connectivity index (χ4n) is 1.85. The molecule has 0 saturated heterocycles. The zero-order valence-corrected chi connectivity index (χ0v) is 13.7. The van der Waals surface area contributed by atoms with Crippen LogP contribution in [0, 0.1) is 0 Å². The lowest BCUT2D eigenvalue weighted by atomic mass is 10.1. The first-order valence-corrected chi connectivity index (χ1v) is 8.65. The van der Waals surface area contributed by atoms with Crippen molar-refractivity contribution in [2.45, 2.75) is 19.4 Å². The highest BCUT2D eigenvalue weighted by molar-refractivity contribution is 9.10. The van der Waals surface area contributed by atoms with Crippen molar-refractivity contribution in [3.8, 4) is 11.4 Å². The maximum atomic E-state index is 11.2. The second-order valence-electron chi connectivity index (χ2n) is 4.57. The summed E-state index contributed by atoms with van der Waals surface area (Å²) >= 11 is 3.46. The minimum absolute atomic E-state index is 0.0669. The van der Waals surface area contributed by atoms with Crippen molar-refractivity contribution in [1.82, 2.24) is 20.2 Å². The zero-order chi connectivity index (χ0) is 14.7. The standard InChI is InChI=1S/C12H16BrN5OS/c1-8(6-7-20(2)19)18-12(15-16-17-18)9-4-3-5-10(14)11(9)13/h3-5,8H,6-7,14H2,1-2H3. The minimum atomic E-state index is -0.818. The van der Waals surface area contributed by atoms with Gasteiger partial charge in [-0.1, -0.05) is 6.07 Å². The normalized spacial score (nSPS) is 14.2. The van der Waals surface area contributed by atoms with E-state index in [1.54, 1.807) is 10.9 Å². The van der Waals surface area contributed by atoms with Crippen molar-refractivity contribution >= 4 is 32.4 Å². The molecule has 2 unspecified atom stereocenters. The maximum absolute atomic E-state index is 11.2. The van der Waals surface area contributed by atoms with Gasteiger partial charge in [0.05, 0.1) is 10.5 Å². The monoisotopic (exact) mass is 357 g/mol. The van der Waals surface area contributed by atoms with Gasteiger partial charge in [-0.05, 0) is 51.8 Å². The number of anilines is 1. The maximum Gasteiger partial charge on any atom is 0.183 e. The highest BCUT2D eigenvalue weighted by Crippen LogP contribution is 2.32. The van der Waals surface area contributed by atoms with Gasteiger partial charge in [0.15, 0.2) is 5.82 Å². The van der Waals surface area contributed by atoms with E-state index in [1.807, 2.05) is 25.1 Å². The number of halogens is 1. The Labute approximate surface area is 128 Å². The van der Waals surface area contributed by atoms with Gasteiger partial charge in [0, 0.05) is 34.1 Å². The quantitative estimate of drug-likeness (QED) is 0.827. The van der Waals surface area contributed by atoms with Gasteiger partial charge in [0.1, 0.15) is 0 Å². The molecule has 8 heteroatoms. The number of hydrogen-bond donors (Lipinski definition) is 1. The summed E-state index contributed by atoms with van der Waals surface area (Å²) in [6.45, 7) is 2.01. The average Bonchev–Trinajstić information content (AvgIpc) is 2.88. The first-order chi connectivity index (χ1) is 9.50. The van der Waals surface area contributed by atoms with Gasteiger partial charge in [-0.25, -0.2) is 4.68 Å². The third-order valence-electron chi connectivity index (χ3n) is 3.00. The van der Waals surface area contributed by atoms with E-state index in [0.29, 0.717) is 17.3 Å². The Morgan fingerprint density at radius 3 is 2.95 bits per heavy atom. The van der Waals surface area contributed by atoms with Crippen LogP contribution < -0.4 is 5.73 Å². The van der Waals surface area contributed by atoms with E-state index in [4.69, 9.17) is 5.73 Å². The van der Waals surface area contributed by atoms with Crippen LogP contribution in [0.25, 0.3) is 11.4 Å². The van der Waals surface area contributed by atoms with Crippen LogP contribution in [-0.2, 0) is 10.8 Å². The molecule has 2 atom stereocenters. The Balaban J connectivity index is 2.33. The van der Waals surface area contributed by atoms with Gasteiger partial charge in [-0.15, -0.1) is 5.10 Å². The molecule has 0 aliphatic heterocycles. The molecule has 0 aliphatic carbocycles. The zero-order valence-electron chi connectivity index (χ0n) is 11.3. The number of nitrogens with zero attached hydrogens (tertiary/aromatic N) is 4. The van der Waals surface area contributed by atoms with Crippen LogP contribution in [0.15, 0.2) is 22.7 Å². The molecule has 0 spiro atoms. The SMILES string of the molecule is CC(CCS(C)=O)n1nnnc1-c1cccc(N)c1Br. The van der Waals surface area contributed by atoms with E-state index >= 15 is 0 Å². The molecular formula is C12H16BrN5OS. The molecule has 1 aromatic heterocycles. The number of hydrogen-bond acceptors (Lipinski definition) is 5. The molecule has 0 bridgehead atoms. The van der Waals surface area contributed by atoms with Crippen LogP contribution in [0.3, 0.4) is 0 Å². The molecule has 1 heterocycles. The third-order valence-corrected chi connectivity index (χ3v) is 4.70. The van der Waals surface area contributed by atoms with Crippen LogP contribution in [0.5, 0.6) is 0 Å². The van der Waals surface area contributed by atoms with Gasteiger partial charge in [0.2, 0.25) is 0 Å². The molecule has 0 radical (unpaired) electrons. The Hall–Kier alpha value is -1.28. The smallest absolute Gasteiger partial charge is 0.183 e. The van der Waals surface area contributed by atoms with E-state index in [1.165, 1.54) is 0 Å². The topological polar surface area (TPSA) is 86.7 Å². The van der Waals surface area contributed by atoms with Crippen molar-refractivity contribution in [2.24, 2.45) is 0 Å². The number of benzene rings is 1. The Morgan fingerprint density at radius 1 is 1.50 bits per heavy atom. The largest absolute Gasteiger partial charge is 0.398 e. The minimum Gasteiger partial charge on any atom is -0.398 e. The molecule has 0 amide bonds. The first kappa shape index (κ1) is 15.1. The highest BCUT2D eigenvalue weighted by Gasteiger charge is 2.17. The molecule has 0 fully saturated rings.